The molecule has 0 aliphatic carbocycles. The third kappa shape index (κ3) is 2.66. The van der Waals surface area contributed by atoms with Crippen LogP contribution < -0.4 is 5.32 Å². The standard InChI is InChI=1S/C12H17BrN4/c1-8(2)6-9-4-5-11-15-10(7-14-3)12(13)17(11)16-9/h4-5,8,14H,6-7H2,1-3H3. The van der Waals surface area contributed by atoms with Crippen LogP contribution in [0.15, 0.2) is 16.7 Å². The van der Waals surface area contributed by atoms with Gasteiger partial charge in [0.25, 0.3) is 0 Å². The molecule has 0 aromatic carbocycles. The molecule has 0 bridgehead atoms. The minimum atomic E-state index is 0.610. The highest BCUT2D eigenvalue weighted by Crippen LogP contribution is 2.18. The molecule has 4 nitrogen and oxygen atoms in total. The SMILES string of the molecule is CNCc1nc2ccc(CC(C)C)nn2c1Br. The van der Waals surface area contributed by atoms with Gasteiger partial charge in [-0.05, 0) is 47.4 Å². The molecule has 17 heavy (non-hydrogen) atoms. The molecule has 0 saturated carbocycles. The predicted octanol–water partition coefficient (Wildman–Crippen LogP) is 2.41. The maximum Gasteiger partial charge on any atom is 0.155 e. The number of hydrogen-bond acceptors (Lipinski definition) is 3. The minimum Gasteiger partial charge on any atom is -0.314 e. The summed E-state index contributed by atoms with van der Waals surface area (Å²) in [6.07, 6.45) is 0.988. The van der Waals surface area contributed by atoms with E-state index in [0.717, 1.165) is 34.6 Å². The Morgan fingerprint density at radius 2 is 2.18 bits per heavy atom. The zero-order valence-electron chi connectivity index (χ0n) is 10.4. The van der Waals surface area contributed by atoms with Crippen LogP contribution >= 0.6 is 15.9 Å². The Hall–Kier alpha value is -0.940. The summed E-state index contributed by atoms with van der Waals surface area (Å²) in [6.45, 7) is 5.13. The monoisotopic (exact) mass is 296 g/mol. The van der Waals surface area contributed by atoms with E-state index in [1.807, 2.05) is 17.6 Å². The Kier molecular flexibility index (Phi) is 3.79. The zero-order valence-corrected chi connectivity index (χ0v) is 12.0. The van der Waals surface area contributed by atoms with Gasteiger partial charge in [0.1, 0.15) is 4.60 Å². The molecule has 0 aliphatic heterocycles. The van der Waals surface area contributed by atoms with Gasteiger partial charge in [-0.15, -0.1) is 0 Å². The first kappa shape index (κ1) is 12.5. The molecule has 0 atom stereocenters. The van der Waals surface area contributed by atoms with E-state index < -0.39 is 0 Å². The molecular formula is C12H17BrN4. The largest absolute Gasteiger partial charge is 0.314 e. The molecule has 0 radical (unpaired) electrons. The molecule has 0 unspecified atom stereocenters. The Balaban J connectivity index is 2.42. The fourth-order valence-electron chi connectivity index (χ4n) is 1.80. The van der Waals surface area contributed by atoms with E-state index in [0.29, 0.717) is 5.92 Å². The lowest BCUT2D eigenvalue weighted by Crippen LogP contribution is -2.06. The number of aromatic nitrogens is 3. The summed E-state index contributed by atoms with van der Waals surface area (Å²) in [4.78, 5) is 4.51. The summed E-state index contributed by atoms with van der Waals surface area (Å²) in [7, 11) is 1.91. The zero-order chi connectivity index (χ0) is 12.4. The summed E-state index contributed by atoms with van der Waals surface area (Å²) in [6, 6.07) is 4.08. The summed E-state index contributed by atoms with van der Waals surface area (Å²) < 4.78 is 2.80. The van der Waals surface area contributed by atoms with Crippen molar-refractivity contribution < 1.29 is 0 Å². The number of hydrogen-bond donors (Lipinski definition) is 1. The van der Waals surface area contributed by atoms with Crippen LogP contribution in [0.1, 0.15) is 25.2 Å². The van der Waals surface area contributed by atoms with Crippen molar-refractivity contribution in [2.75, 3.05) is 7.05 Å². The van der Waals surface area contributed by atoms with Crippen LogP contribution in [-0.2, 0) is 13.0 Å². The molecule has 0 saturated heterocycles. The van der Waals surface area contributed by atoms with Gasteiger partial charge in [-0.2, -0.15) is 5.10 Å². The molecule has 2 heterocycles. The van der Waals surface area contributed by atoms with Gasteiger partial charge in [-0.3, -0.25) is 0 Å². The number of imidazole rings is 1. The average Bonchev–Trinajstić information content (AvgIpc) is 2.57. The first-order valence-electron chi connectivity index (χ1n) is 5.79. The normalized spacial score (nSPS) is 11.6. The smallest absolute Gasteiger partial charge is 0.155 e. The topological polar surface area (TPSA) is 42.2 Å². The fraction of sp³-hybridized carbons (Fsp3) is 0.500. The lowest BCUT2D eigenvalue weighted by atomic mass is 10.1. The van der Waals surface area contributed by atoms with Crippen LogP contribution in [-0.4, -0.2) is 21.6 Å². The summed E-state index contributed by atoms with van der Waals surface area (Å²) in [5.74, 6) is 0.610. The van der Waals surface area contributed by atoms with E-state index >= 15 is 0 Å². The lowest BCUT2D eigenvalue weighted by Gasteiger charge is -2.04. The van der Waals surface area contributed by atoms with E-state index in [1.54, 1.807) is 0 Å². The van der Waals surface area contributed by atoms with E-state index in [-0.39, 0.29) is 0 Å². The van der Waals surface area contributed by atoms with E-state index in [9.17, 15) is 0 Å². The van der Waals surface area contributed by atoms with Crippen molar-refractivity contribution in [2.45, 2.75) is 26.8 Å². The predicted molar refractivity (Wildman–Crippen MR) is 72.0 cm³/mol. The highest BCUT2D eigenvalue weighted by atomic mass is 79.9. The van der Waals surface area contributed by atoms with Gasteiger partial charge in [0.2, 0.25) is 0 Å². The molecule has 2 aromatic heterocycles. The van der Waals surface area contributed by atoms with Crippen molar-refractivity contribution in [2.24, 2.45) is 5.92 Å². The maximum atomic E-state index is 4.60. The summed E-state index contributed by atoms with van der Waals surface area (Å²) >= 11 is 3.55. The van der Waals surface area contributed by atoms with Gasteiger partial charge in [-0.1, -0.05) is 13.8 Å². The van der Waals surface area contributed by atoms with Crippen LogP contribution in [0, 0.1) is 5.92 Å². The average molecular weight is 297 g/mol. The van der Waals surface area contributed by atoms with Crippen LogP contribution in [0.25, 0.3) is 5.65 Å². The van der Waals surface area contributed by atoms with Crippen molar-refractivity contribution >= 4 is 21.6 Å². The molecule has 1 N–H and O–H groups in total. The third-order valence-corrected chi connectivity index (χ3v) is 3.30. The van der Waals surface area contributed by atoms with E-state index in [2.05, 4.69) is 51.2 Å². The van der Waals surface area contributed by atoms with E-state index in [4.69, 9.17) is 0 Å². The summed E-state index contributed by atoms with van der Waals surface area (Å²) in [5.41, 5.74) is 2.97. The summed E-state index contributed by atoms with van der Waals surface area (Å²) in [5, 5.41) is 7.70. The molecule has 0 fully saturated rings. The Labute approximate surface area is 110 Å². The van der Waals surface area contributed by atoms with Crippen LogP contribution in [0.2, 0.25) is 0 Å². The maximum absolute atomic E-state index is 4.60. The van der Waals surface area contributed by atoms with Crippen molar-refractivity contribution in [1.82, 2.24) is 19.9 Å². The molecular weight excluding hydrogens is 280 g/mol. The minimum absolute atomic E-state index is 0.610. The number of nitrogens with zero attached hydrogens (tertiary/aromatic N) is 3. The number of fused-ring (bicyclic) bond motifs is 1. The van der Waals surface area contributed by atoms with Crippen molar-refractivity contribution in [3.8, 4) is 0 Å². The molecule has 92 valence electrons. The van der Waals surface area contributed by atoms with Crippen molar-refractivity contribution in [1.29, 1.82) is 0 Å². The highest BCUT2D eigenvalue weighted by Gasteiger charge is 2.10. The number of halogens is 1. The van der Waals surface area contributed by atoms with Gasteiger partial charge in [-0.25, -0.2) is 9.50 Å². The molecule has 5 heteroatoms. The van der Waals surface area contributed by atoms with Crippen molar-refractivity contribution in [3.05, 3.63) is 28.1 Å². The molecule has 2 rings (SSSR count). The van der Waals surface area contributed by atoms with Crippen LogP contribution in [0.3, 0.4) is 0 Å². The number of rotatable bonds is 4. The van der Waals surface area contributed by atoms with Gasteiger partial charge in [0.05, 0.1) is 11.4 Å². The van der Waals surface area contributed by atoms with Crippen molar-refractivity contribution in [3.63, 3.8) is 0 Å². The third-order valence-electron chi connectivity index (χ3n) is 2.51. The van der Waals surface area contributed by atoms with Gasteiger partial charge in [0.15, 0.2) is 5.65 Å². The fourth-order valence-corrected chi connectivity index (χ4v) is 2.29. The molecule has 2 aromatic rings. The van der Waals surface area contributed by atoms with Gasteiger partial charge >= 0.3 is 0 Å². The Morgan fingerprint density at radius 1 is 1.41 bits per heavy atom. The quantitative estimate of drug-likeness (QED) is 0.942. The molecule has 0 amide bonds. The lowest BCUT2D eigenvalue weighted by molar-refractivity contribution is 0.623. The van der Waals surface area contributed by atoms with Gasteiger partial charge in [0, 0.05) is 6.54 Å². The molecule has 0 aliphatic rings. The molecule has 0 spiro atoms. The second-order valence-corrected chi connectivity index (χ2v) is 5.32. The Morgan fingerprint density at radius 3 is 2.82 bits per heavy atom. The van der Waals surface area contributed by atoms with Crippen LogP contribution in [0.4, 0.5) is 0 Å². The van der Waals surface area contributed by atoms with Crippen LogP contribution in [0.5, 0.6) is 0 Å². The highest BCUT2D eigenvalue weighted by molar-refractivity contribution is 9.10. The number of nitrogens with one attached hydrogen (secondary N) is 1. The van der Waals surface area contributed by atoms with Gasteiger partial charge < -0.3 is 5.32 Å². The van der Waals surface area contributed by atoms with E-state index in [1.165, 1.54) is 0 Å². The first-order valence-corrected chi connectivity index (χ1v) is 6.58. The second-order valence-electron chi connectivity index (χ2n) is 4.57. The first-order chi connectivity index (χ1) is 8.11. The Bertz CT molecular complexity index is 518. The second kappa shape index (κ2) is 5.14.